The molecule has 0 aliphatic rings. The molecule has 0 aliphatic heterocycles. The van der Waals surface area contributed by atoms with E-state index in [1.165, 1.54) is 23.6 Å². The van der Waals surface area contributed by atoms with Crippen LogP contribution in [-0.4, -0.2) is 25.4 Å². The summed E-state index contributed by atoms with van der Waals surface area (Å²) in [4.78, 5) is 23.8. The summed E-state index contributed by atoms with van der Waals surface area (Å²) in [6, 6.07) is 14.1. The van der Waals surface area contributed by atoms with Crippen molar-refractivity contribution < 1.29 is 23.1 Å². The fourth-order valence-electron chi connectivity index (χ4n) is 2.46. The van der Waals surface area contributed by atoms with Crippen LogP contribution in [0.5, 0.6) is 0 Å². The van der Waals surface area contributed by atoms with Crippen LogP contribution in [0.3, 0.4) is 0 Å². The van der Waals surface area contributed by atoms with Crippen LogP contribution < -0.4 is 10.0 Å². The van der Waals surface area contributed by atoms with E-state index in [-0.39, 0.29) is 21.0 Å². The summed E-state index contributed by atoms with van der Waals surface area (Å²) in [5, 5.41) is 13.0. The summed E-state index contributed by atoms with van der Waals surface area (Å²) in [6.45, 7) is 1.85. The van der Waals surface area contributed by atoms with Crippen molar-refractivity contribution in [2.75, 3.05) is 10.0 Å². The molecule has 0 saturated carbocycles. The zero-order valence-corrected chi connectivity index (χ0v) is 16.3. The number of para-hydroxylation sites is 1. The van der Waals surface area contributed by atoms with Gasteiger partial charge in [-0.3, -0.25) is 9.52 Å². The Kier molecular flexibility index (Phi) is 5.48. The first-order valence-electron chi connectivity index (χ1n) is 8.08. The lowest BCUT2D eigenvalue weighted by molar-refractivity contribution is 0.0698. The minimum absolute atomic E-state index is 0.0457. The number of rotatable bonds is 6. The smallest absolute Gasteiger partial charge is 0.337 e. The number of aromatic carboxylic acids is 1. The van der Waals surface area contributed by atoms with Crippen molar-refractivity contribution in [3.05, 3.63) is 76.0 Å². The molecule has 144 valence electrons. The third-order valence-corrected chi connectivity index (χ3v) is 6.22. The number of amides is 1. The van der Waals surface area contributed by atoms with Gasteiger partial charge in [-0.2, -0.15) is 0 Å². The predicted molar refractivity (Wildman–Crippen MR) is 108 cm³/mol. The summed E-state index contributed by atoms with van der Waals surface area (Å²) in [5.41, 5.74) is 1.41. The summed E-state index contributed by atoms with van der Waals surface area (Å²) in [5.74, 6) is -1.76. The van der Waals surface area contributed by atoms with Gasteiger partial charge in [0, 0.05) is 11.1 Å². The first-order valence-corrected chi connectivity index (χ1v) is 10.4. The highest BCUT2D eigenvalue weighted by molar-refractivity contribution is 7.92. The van der Waals surface area contributed by atoms with Gasteiger partial charge in [0.2, 0.25) is 0 Å². The summed E-state index contributed by atoms with van der Waals surface area (Å²) in [7, 11) is -3.85. The molecule has 1 amide bonds. The number of carbonyl (C=O) groups is 2. The molecule has 0 saturated heterocycles. The van der Waals surface area contributed by atoms with Crippen LogP contribution in [0, 0.1) is 6.92 Å². The first kappa shape index (κ1) is 19.6. The maximum atomic E-state index is 12.5. The lowest BCUT2D eigenvalue weighted by atomic mass is 10.2. The van der Waals surface area contributed by atoms with Gasteiger partial charge in [0.1, 0.15) is 0 Å². The number of anilines is 2. The quantitative estimate of drug-likeness (QED) is 0.566. The Morgan fingerprint density at radius 2 is 1.79 bits per heavy atom. The van der Waals surface area contributed by atoms with E-state index in [1.54, 1.807) is 30.3 Å². The van der Waals surface area contributed by atoms with Crippen LogP contribution in [0.4, 0.5) is 11.4 Å². The average Bonchev–Trinajstić information content (AvgIpc) is 3.13. The molecule has 9 heteroatoms. The van der Waals surface area contributed by atoms with Crippen molar-refractivity contribution in [1.29, 1.82) is 0 Å². The maximum absolute atomic E-state index is 12.5. The molecule has 3 aromatic rings. The molecule has 1 aromatic heterocycles. The Balaban J connectivity index is 1.80. The number of sulfonamides is 1. The van der Waals surface area contributed by atoms with Gasteiger partial charge in [0.15, 0.2) is 0 Å². The predicted octanol–water partition coefficient (Wildman–Crippen LogP) is 3.81. The van der Waals surface area contributed by atoms with Crippen LogP contribution in [0.2, 0.25) is 0 Å². The number of carboxylic acid groups (broad SMARTS) is 1. The van der Waals surface area contributed by atoms with Crippen molar-refractivity contribution in [1.82, 2.24) is 0 Å². The molecule has 0 fully saturated rings. The zero-order chi connectivity index (χ0) is 20.3. The van der Waals surface area contributed by atoms with E-state index < -0.39 is 21.9 Å². The highest BCUT2D eigenvalue weighted by Crippen LogP contribution is 2.24. The number of benzene rings is 2. The van der Waals surface area contributed by atoms with Gasteiger partial charge in [0.05, 0.1) is 21.0 Å². The second-order valence-electron chi connectivity index (χ2n) is 5.93. The highest BCUT2D eigenvalue weighted by Gasteiger charge is 2.20. The Bertz CT molecular complexity index is 1150. The van der Waals surface area contributed by atoms with Gasteiger partial charge in [-0.25, -0.2) is 13.2 Å². The van der Waals surface area contributed by atoms with Crippen molar-refractivity contribution in [3.63, 3.8) is 0 Å². The molecule has 0 atom stereocenters. The van der Waals surface area contributed by atoms with Crippen LogP contribution in [0.1, 0.15) is 25.6 Å². The third-order valence-electron chi connectivity index (χ3n) is 3.79. The molecular weight excluding hydrogens is 400 g/mol. The molecule has 7 nitrogen and oxygen atoms in total. The Morgan fingerprint density at radius 3 is 2.50 bits per heavy atom. The van der Waals surface area contributed by atoms with Crippen molar-refractivity contribution in [2.24, 2.45) is 0 Å². The fourth-order valence-corrected chi connectivity index (χ4v) is 4.68. The number of thiophene rings is 1. The van der Waals surface area contributed by atoms with Gasteiger partial charge in [-0.1, -0.05) is 24.3 Å². The van der Waals surface area contributed by atoms with E-state index in [0.717, 1.165) is 16.9 Å². The lowest BCUT2D eigenvalue weighted by Crippen LogP contribution is -2.14. The Labute approximate surface area is 165 Å². The number of carbonyl (C=O) groups excluding carboxylic acids is 1. The number of nitrogens with one attached hydrogen (secondary N) is 2. The van der Waals surface area contributed by atoms with Gasteiger partial charge >= 0.3 is 5.97 Å². The van der Waals surface area contributed by atoms with Gasteiger partial charge < -0.3 is 10.4 Å². The minimum Gasteiger partial charge on any atom is -0.478 e. The number of carboxylic acids is 1. The van der Waals surface area contributed by atoms with Crippen LogP contribution in [0.25, 0.3) is 0 Å². The standard InChI is InChI=1S/C19H16N2O5S2/c1-12-5-4-6-13(9-12)21-28(25,26)14-10-17(27-11-14)18(22)20-16-8-3-2-7-15(16)19(23)24/h2-11,21H,1H3,(H,20,22)(H,23,24). The summed E-state index contributed by atoms with van der Waals surface area (Å²) in [6.07, 6.45) is 0. The Morgan fingerprint density at radius 1 is 1.04 bits per heavy atom. The molecule has 0 bridgehead atoms. The number of hydrogen-bond donors (Lipinski definition) is 3. The van der Waals surface area contributed by atoms with Gasteiger partial charge in [-0.15, -0.1) is 11.3 Å². The molecule has 3 N–H and O–H groups in total. The Hall–Kier alpha value is -3.17. The van der Waals surface area contributed by atoms with Gasteiger partial charge in [0.25, 0.3) is 15.9 Å². The third kappa shape index (κ3) is 4.38. The van der Waals surface area contributed by atoms with Gasteiger partial charge in [-0.05, 0) is 42.8 Å². The monoisotopic (exact) mass is 416 g/mol. The molecule has 0 spiro atoms. The first-order chi connectivity index (χ1) is 13.3. The lowest BCUT2D eigenvalue weighted by Gasteiger charge is -2.07. The topological polar surface area (TPSA) is 113 Å². The molecule has 2 aromatic carbocycles. The van der Waals surface area contributed by atoms with Crippen molar-refractivity contribution in [2.45, 2.75) is 11.8 Å². The van der Waals surface area contributed by atoms with E-state index >= 15 is 0 Å². The normalized spacial score (nSPS) is 11.0. The summed E-state index contributed by atoms with van der Waals surface area (Å²) < 4.78 is 27.5. The molecular formula is C19H16N2O5S2. The highest BCUT2D eigenvalue weighted by atomic mass is 32.2. The van der Waals surface area contributed by atoms with E-state index in [2.05, 4.69) is 10.0 Å². The second kappa shape index (κ2) is 7.83. The molecule has 0 aliphatic carbocycles. The minimum atomic E-state index is -3.85. The molecule has 28 heavy (non-hydrogen) atoms. The van der Waals surface area contributed by atoms with Crippen LogP contribution in [-0.2, 0) is 10.0 Å². The van der Waals surface area contributed by atoms with E-state index in [0.29, 0.717) is 5.69 Å². The van der Waals surface area contributed by atoms with E-state index in [4.69, 9.17) is 0 Å². The fraction of sp³-hybridized carbons (Fsp3) is 0.0526. The van der Waals surface area contributed by atoms with E-state index in [9.17, 15) is 23.1 Å². The molecule has 1 heterocycles. The zero-order valence-electron chi connectivity index (χ0n) is 14.7. The molecule has 0 radical (unpaired) electrons. The largest absolute Gasteiger partial charge is 0.478 e. The SMILES string of the molecule is Cc1cccc(NS(=O)(=O)c2csc(C(=O)Nc3ccccc3C(=O)O)c2)c1. The second-order valence-corrected chi connectivity index (χ2v) is 8.52. The number of aryl methyl sites for hydroxylation is 1. The van der Waals surface area contributed by atoms with Crippen molar-refractivity contribution in [3.8, 4) is 0 Å². The van der Waals surface area contributed by atoms with Crippen LogP contribution in [0.15, 0.2) is 64.9 Å². The van der Waals surface area contributed by atoms with Crippen LogP contribution >= 0.6 is 11.3 Å². The molecule has 0 unspecified atom stereocenters. The average molecular weight is 416 g/mol. The maximum Gasteiger partial charge on any atom is 0.337 e. The van der Waals surface area contributed by atoms with E-state index in [1.807, 2.05) is 13.0 Å². The molecule has 3 rings (SSSR count). The summed E-state index contributed by atoms with van der Waals surface area (Å²) >= 11 is 0.953. The van der Waals surface area contributed by atoms with Crippen molar-refractivity contribution >= 4 is 44.6 Å². The number of hydrogen-bond acceptors (Lipinski definition) is 5.